The largest absolute Gasteiger partial charge is 0.383 e. The summed E-state index contributed by atoms with van der Waals surface area (Å²) in [7, 11) is 3.61. The third-order valence-electron chi connectivity index (χ3n) is 2.59. The van der Waals surface area contributed by atoms with Crippen molar-refractivity contribution in [1.29, 1.82) is 0 Å². The van der Waals surface area contributed by atoms with Crippen molar-refractivity contribution in [3.05, 3.63) is 24.5 Å². The van der Waals surface area contributed by atoms with E-state index in [0.717, 1.165) is 45.0 Å². The molecule has 0 radical (unpaired) electrons. The Bertz CT molecular complexity index is 339. The standard InChI is InChI=1S/C12H23N5O/c1-4-5-16(8-9-18-3)6-7-17-11-12(10-13-2)14-15-17/h4,11,13H,1,5-10H2,2-3H3. The molecule has 6 nitrogen and oxygen atoms in total. The number of nitrogens with one attached hydrogen (secondary N) is 1. The number of methoxy groups -OCH3 is 1. The van der Waals surface area contributed by atoms with E-state index in [1.165, 1.54) is 0 Å². The summed E-state index contributed by atoms with van der Waals surface area (Å²) in [5.41, 5.74) is 0.963. The van der Waals surface area contributed by atoms with E-state index in [2.05, 4.69) is 27.1 Å². The smallest absolute Gasteiger partial charge is 0.0964 e. The zero-order valence-corrected chi connectivity index (χ0v) is 11.3. The summed E-state index contributed by atoms with van der Waals surface area (Å²) in [6.45, 7) is 8.76. The molecule has 0 spiro atoms. The van der Waals surface area contributed by atoms with Crippen molar-refractivity contribution in [2.45, 2.75) is 13.1 Å². The van der Waals surface area contributed by atoms with Crippen molar-refractivity contribution < 1.29 is 4.74 Å². The van der Waals surface area contributed by atoms with Crippen LogP contribution in [0.4, 0.5) is 0 Å². The van der Waals surface area contributed by atoms with Crippen LogP contribution >= 0.6 is 0 Å². The van der Waals surface area contributed by atoms with Crippen LogP contribution in [0.25, 0.3) is 0 Å². The van der Waals surface area contributed by atoms with Crippen molar-refractivity contribution in [2.75, 3.05) is 40.4 Å². The van der Waals surface area contributed by atoms with Gasteiger partial charge in [0.1, 0.15) is 0 Å². The van der Waals surface area contributed by atoms with E-state index in [1.54, 1.807) is 7.11 Å². The lowest BCUT2D eigenvalue weighted by molar-refractivity contribution is 0.151. The minimum Gasteiger partial charge on any atom is -0.383 e. The molecule has 6 heteroatoms. The van der Waals surface area contributed by atoms with Crippen LogP contribution in [0.2, 0.25) is 0 Å². The van der Waals surface area contributed by atoms with Crippen LogP contribution in [0.1, 0.15) is 5.69 Å². The number of rotatable bonds is 10. The maximum absolute atomic E-state index is 5.09. The normalized spacial score (nSPS) is 11.1. The van der Waals surface area contributed by atoms with E-state index in [-0.39, 0.29) is 0 Å². The Hall–Kier alpha value is -1.24. The lowest BCUT2D eigenvalue weighted by atomic mass is 10.4. The third kappa shape index (κ3) is 5.39. The lowest BCUT2D eigenvalue weighted by Gasteiger charge is -2.19. The molecular formula is C12H23N5O. The van der Waals surface area contributed by atoms with Gasteiger partial charge in [-0.2, -0.15) is 0 Å². The number of nitrogens with zero attached hydrogens (tertiary/aromatic N) is 4. The lowest BCUT2D eigenvalue weighted by Crippen LogP contribution is -2.31. The van der Waals surface area contributed by atoms with Crippen molar-refractivity contribution in [3.8, 4) is 0 Å². The van der Waals surface area contributed by atoms with Crippen LogP contribution in [0.5, 0.6) is 0 Å². The highest BCUT2D eigenvalue weighted by atomic mass is 16.5. The van der Waals surface area contributed by atoms with Gasteiger partial charge in [-0.25, -0.2) is 0 Å². The molecular weight excluding hydrogens is 230 g/mol. The Morgan fingerprint density at radius 1 is 1.56 bits per heavy atom. The molecule has 1 N–H and O–H groups in total. The molecule has 0 aliphatic carbocycles. The molecule has 1 rings (SSSR count). The molecule has 0 aromatic carbocycles. The Balaban J connectivity index is 2.37. The van der Waals surface area contributed by atoms with Crippen LogP contribution in [0.15, 0.2) is 18.9 Å². The highest BCUT2D eigenvalue weighted by molar-refractivity contribution is 4.91. The number of ether oxygens (including phenoxy) is 1. The molecule has 1 aromatic rings. The minimum atomic E-state index is 0.732. The zero-order chi connectivity index (χ0) is 13.2. The summed E-state index contributed by atoms with van der Waals surface area (Å²) in [6, 6.07) is 0. The molecule has 102 valence electrons. The van der Waals surface area contributed by atoms with Gasteiger partial charge in [-0.3, -0.25) is 9.58 Å². The van der Waals surface area contributed by atoms with E-state index in [1.807, 2.05) is 24.0 Å². The van der Waals surface area contributed by atoms with E-state index in [0.29, 0.717) is 0 Å². The predicted molar refractivity (Wildman–Crippen MR) is 71.3 cm³/mol. The zero-order valence-electron chi connectivity index (χ0n) is 11.3. The van der Waals surface area contributed by atoms with Gasteiger partial charge in [0.05, 0.1) is 18.8 Å². The summed E-state index contributed by atoms with van der Waals surface area (Å²) in [6.07, 6.45) is 3.88. The molecule has 0 aliphatic heterocycles. The first-order chi connectivity index (χ1) is 8.80. The van der Waals surface area contributed by atoms with Gasteiger partial charge in [0.15, 0.2) is 0 Å². The van der Waals surface area contributed by atoms with Crippen LogP contribution < -0.4 is 5.32 Å². The van der Waals surface area contributed by atoms with Gasteiger partial charge >= 0.3 is 0 Å². The molecule has 18 heavy (non-hydrogen) atoms. The Kier molecular flexibility index (Phi) is 7.24. The minimum absolute atomic E-state index is 0.732. The fraction of sp³-hybridized carbons (Fsp3) is 0.667. The average molecular weight is 253 g/mol. The van der Waals surface area contributed by atoms with Crippen molar-refractivity contribution in [3.63, 3.8) is 0 Å². The summed E-state index contributed by atoms with van der Waals surface area (Å²) in [5, 5.41) is 11.2. The van der Waals surface area contributed by atoms with Crippen molar-refractivity contribution in [1.82, 2.24) is 25.2 Å². The molecule has 0 fully saturated rings. The SMILES string of the molecule is C=CCN(CCOC)CCn1cc(CNC)nn1. The highest BCUT2D eigenvalue weighted by Gasteiger charge is 2.04. The van der Waals surface area contributed by atoms with Crippen LogP contribution in [-0.4, -0.2) is 60.3 Å². The average Bonchev–Trinajstić information content (AvgIpc) is 2.81. The van der Waals surface area contributed by atoms with Gasteiger partial charge in [0, 0.05) is 39.5 Å². The fourth-order valence-electron chi connectivity index (χ4n) is 1.65. The Labute approximate surface area is 109 Å². The van der Waals surface area contributed by atoms with E-state index < -0.39 is 0 Å². The quantitative estimate of drug-likeness (QED) is 0.601. The number of aromatic nitrogens is 3. The van der Waals surface area contributed by atoms with Crippen LogP contribution in [0.3, 0.4) is 0 Å². The molecule has 0 bridgehead atoms. The maximum atomic E-state index is 5.09. The number of hydrogen-bond donors (Lipinski definition) is 1. The Morgan fingerprint density at radius 3 is 3.06 bits per heavy atom. The van der Waals surface area contributed by atoms with Gasteiger partial charge in [0.25, 0.3) is 0 Å². The summed E-state index contributed by atoms with van der Waals surface area (Å²) in [5.74, 6) is 0. The molecule has 1 aromatic heterocycles. The highest BCUT2D eigenvalue weighted by Crippen LogP contribution is 1.95. The summed E-state index contributed by atoms with van der Waals surface area (Å²) in [4.78, 5) is 2.27. The molecule has 0 saturated heterocycles. The van der Waals surface area contributed by atoms with Gasteiger partial charge in [-0.15, -0.1) is 11.7 Å². The maximum Gasteiger partial charge on any atom is 0.0964 e. The van der Waals surface area contributed by atoms with Gasteiger partial charge in [-0.05, 0) is 7.05 Å². The first-order valence-electron chi connectivity index (χ1n) is 6.16. The van der Waals surface area contributed by atoms with Crippen molar-refractivity contribution >= 4 is 0 Å². The molecule has 1 heterocycles. The molecule has 0 saturated carbocycles. The monoisotopic (exact) mass is 253 g/mol. The van der Waals surface area contributed by atoms with Gasteiger partial charge < -0.3 is 10.1 Å². The molecule has 0 unspecified atom stereocenters. The second kappa shape index (κ2) is 8.79. The molecule has 0 amide bonds. The van der Waals surface area contributed by atoms with Crippen LogP contribution in [-0.2, 0) is 17.8 Å². The van der Waals surface area contributed by atoms with Crippen molar-refractivity contribution in [2.24, 2.45) is 0 Å². The molecule has 0 aliphatic rings. The first kappa shape index (κ1) is 14.8. The second-order valence-corrected chi connectivity index (χ2v) is 4.09. The predicted octanol–water partition coefficient (Wildman–Crippen LogP) is 0.132. The second-order valence-electron chi connectivity index (χ2n) is 4.09. The van der Waals surface area contributed by atoms with Gasteiger partial charge in [0.2, 0.25) is 0 Å². The first-order valence-corrected chi connectivity index (χ1v) is 6.16. The van der Waals surface area contributed by atoms with E-state index in [9.17, 15) is 0 Å². The topological polar surface area (TPSA) is 55.2 Å². The van der Waals surface area contributed by atoms with Gasteiger partial charge in [-0.1, -0.05) is 11.3 Å². The van der Waals surface area contributed by atoms with Crippen LogP contribution in [0, 0.1) is 0 Å². The number of hydrogen-bond acceptors (Lipinski definition) is 5. The van der Waals surface area contributed by atoms with E-state index >= 15 is 0 Å². The molecule has 0 atom stereocenters. The van der Waals surface area contributed by atoms with E-state index in [4.69, 9.17) is 4.74 Å². The summed E-state index contributed by atoms with van der Waals surface area (Å²) >= 11 is 0. The summed E-state index contributed by atoms with van der Waals surface area (Å²) < 4.78 is 6.96. The Morgan fingerprint density at radius 2 is 2.39 bits per heavy atom. The third-order valence-corrected chi connectivity index (χ3v) is 2.59. The fourth-order valence-corrected chi connectivity index (χ4v) is 1.65.